The maximum Gasteiger partial charge on any atom is 0.253 e. The topological polar surface area (TPSA) is 89.5 Å². The molecule has 0 radical (unpaired) electrons. The van der Waals surface area contributed by atoms with Gasteiger partial charge in [0.15, 0.2) is 0 Å². The van der Waals surface area contributed by atoms with E-state index in [-0.39, 0.29) is 30.0 Å². The van der Waals surface area contributed by atoms with Gasteiger partial charge >= 0.3 is 0 Å². The van der Waals surface area contributed by atoms with E-state index in [9.17, 15) is 9.59 Å². The van der Waals surface area contributed by atoms with Crippen LogP contribution in [0.15, 0.2) is 24.3 Å². The van der Waals surface area contributed by atoms with E-state index in [2.05, 4.69) is 15.6 Å². The molecular weight excluding hydrogens is 358 g/mol. The zero-order valence-corrected chi connectivity index (χ0v) is 16.2. The van der Waals surface area contributed by atoms with Crippen LogP contribution in [-0.4, -0.2) is 48.7 Å². The first-order valence-electron chi connectivity index (χ1n) is 9.72. The van der Waals surface area contributed by atoms with Crippen LogP contribution in [0.3, 0.4) is 0 Å². The van der Waals surface area contributed by atoms with Gasteiger partial charge in [0.1, 0.15) is 5.75 Å². The molecule has 2 aliphatic heterocycles. The highest BCUT2D eigenvalue weighted by Gasteiger charge is 2.37. The van der Waals surface area contributed by atoms with Crippen LogP contribution in [0.1, 0.15) is 41.7 Å². The van der Waals surface area contributed by atoms with Crippen LogP contribution in [0.4, 0.5) is 0 Å². The molecular formula is C21H25N3O4. The minimum Gasteiger partial charge on any atom is -0.497 e. The van der Waals surface area contributed by atoms with Crippen LogP contribution >= 0.6 is 0 Å². The molecule has 2 N–H and O–H groups in total. The van der Waals surface area contributed by atoms with Crippen molar-refractivity contribution in [1.82, 2.24) is 15.6 Å². The number of nitrogens with one attached hydrogen (secondary N) is 2. The summed E-state index contributed by atoms with van der Waals surface area (Å²) in [6.45, 7) is 2.53. The van der Waals surface area contributed by atoms with Crippen molar-refractivity contribution in [3.05, 3.63) is 35.5 Å². The molecule has 0 unspecified atom stereocenters. The summed E-state index contributed by atoms with van der Waals surface area (Å²) < 4.78 is 11.0. The van der Waals surface area contributed by atoms with Crippen molar-refractivity contribution < 1.29 is 19.1 Å². The number of hydrogen-bond acceptors (Lipinski definition) is 5. The van der Waals surface area contributed by atoms with E-state index in [4.69, 9.17) is 9.47 Å². The number of carbonyl (C=O) groups is 2. The Bertz CT molecular complexity index is 908. The van der Waals surface area contributed by atoms with Gasteiger partial charge in [0.25, 0.3) is 5.91 Å². The third-order valence-corrected chi connectivity index (χ3v) is 5.59. The molecule has 3 atom stereocenters. The zero-order valence-electron chi connectivity index (χ0n) is 16.2. The molecule has 148 valence electrons. The molecule has 2 fully saturated rings. The number of benzene rings is 1. The summed E-state index contributed by atoms with van der Waals surface area (Å²) in [5.41, 5.74) is 1.99. The van der Waals surface area contributed by atoms with Crippen molar-refractivity contribution in [2.75, 3.05) is 13.7 Å². The second-order valence-electron chi connectivity index (χ2n) is 7.44. The quantitative estimate of drug-likeness (QED) is 0.844. The number of fused-ring (bicyclic) bond motifs is 1. The molecule has 2 aliphatic rings. The molecule has 0 spiro atoms. The number of pyridine rings is 1. The Hall–Kier alpha value is -2.67. The minimum absolute atomic E-state index is 0.0171. The Morgan fingerprint density at radius 2 is 2.18 bits per heavy atom. The third-order valence-electron chi connectivity index (χ3n) is 5.59. The highest BCUT2D eigenvalue weighted by molar-refractivity contribution is 5.99. The van der Waals surface area contributed by atoms with Gasteiger partial charge in [0, 0.05) is 24.5 Å². The number of rotatable bonds is 4. The number of hydrogen-bond donors (Lipinski definition) is 2. The lowest BCUT2D eigenvalue weighted by Gasteiger charge is -2.36. The van der Waals surface area contributed by atoms with Gasteiger partial charge in [-0.1, -0.05) is 0 Å². The lowest BCUT2D eigenvalue weighted by molar-refractivity contribution is -0.125. The molecule has 0 aliphatic carbocycles. The highest BCUT2D eigenvalue weighted by Crippen LogP contribution is 2.24. The molecule has 0 bridgehead atoms. The van der Waals surface area contributed by atoms with Crippen LogP contribution in [-0.2, 0) is 9.53 Å². The molecule has 1 aromatic heterocycles. The Morgan fingerprint density at radius 3 is 2.93 bits per heavy atom. The van der Waals surface area contributed by atoms with Crippen LogP contribution in [0.2, 0.25) is 0 Å². The average Bonchev–Trinajstić information content (AvgIpc) is 3.22. The minimum atomic E-state index is -0.189. The van der Waals surface area contributed by atoms with Gasteiger partial charge in [-0.2, -0.15) is 0 Å². The number of aromatic nitrogens is 1. The van der Waals surface area contributed by atoms with Crippen molar-refractivity contribution in [3.8, 4) is 5.75 Å². The second-order valence-corrected chi connectivity index (χ2v) is 7.44. The summed E-state index contributed by atoms with van der Waals surface area (Å²) in [4.78, 5) is 29.5. The summed E-state index contributed by atoms with van der Waals surface area (Å²) in [6, 6.07) is 7.12. The Kier molecular flexibility index (Phi) is 5.17. The second kappa shape index (κ2) is 7.75. The van der Waals surface area contributed by atoms with E-state index in [0.29, 0.717) is 30.7 Å². The van der Waals surface area contributed by atoms with Gasteiger partial charge in [-0.05, 0) is 44.4 Å². The Labute approximate surface area is 163 Å². The molecule has 3 heterocycles. The maximum absolute atomic E-state index is 13.0. The van der Waals surface area contributed by atoms with Crippen LogP contribution in [0.25, 0.3) is 10.9 Å². The molecule has 7 nitrogen and oxygen atoms in total. The van der Waals surface area contributed by atoms with Gasteiger partial charge in [-0.3, -0.25) is 14.6 Å². The number of aryl methyl sites for hydroxylation is 1. The fourth-order valence-corrected chi connectivity index (χ4v) is 4.07. The summed E-state index contributed by atoms with van der Waals surface area (Å²) in [7, 11) is 1.61. The Morgan fingerprint density at radius 1 is 1.32 bits per heavy atom. The highest BCUT2D eigenvalue weighted by atomic mass is 16.5. The maximum atomic E-state index is 13.0. The number of amides is 2. The van der Waals surface area contributed by atoms with E-state index in [0.717, 1.165) is 29.5 Å². The van der Waals surface area contributed by atoms with E-state index >= 15 is 0 Å². The van der Waals surface area contributed by atoms with Crippen molar-refractivity contribution in [3.63, 3.8) is 0 Å². The van der Waals surface area contributed by atoms with Crippen molar-refractivity contribution in [1.29, 1.82) is 0 Å². The zero-order chi connectivity index (χ0) is 19.7. The van der Waals surface area contributed by atoms with Crippen LogP contribution in [0, 0.1) is 6.92 Å². The van der Waals surface area contributed by atoms with Crippen LogP contribution < -0.4 is 15.4 Å². The lowest BCUT2D eigenvalue weighted by atomic mass is 9.92. The molecule has 2 amide bonds. The number of methoxy groups -OCH3 is 1. The molecule has 2 aromatic rings. The third kappa shape index (κ3) is 3.67. The standard InChI is InChI=1S/C21H25N3O4/c1-12-15(10-13-5-6-14(27-2)11-17(13)22-12)21(26)23-16-7-8-19(25)24-20(16)18-4-3-9-28-18/h5-6,10-11,16,18,20H,3-4,7-9H2,1-2H3,(H,23,26)(H,24,25)/t16-,18-,20-/m1/s1. The van der Waals surface area contributed by atoms with Crippen molar-refractivity contribution in [2.45, 2.75) is 50.8 Å². The normalized spacial score (nSPS) is 24.8. The van der Waals surface area contributed by atoms with E-state index in [1.54, 1.807) is 7.11 Å². The fraction of sp³-hybridized carbons (Fsp3) is 0.476. The van der Waals surface area contributed by atoms with Gasteiger partial charge < -0.3 is 20.1 Å². The predicted octanol–water partition coefficient (Wildman–Crippen LogP) is 2.11. The first-order chi connectivity index (χ1) is 13.5. The summed E-state index contributed by atoms with van der Waals surface area (Å²) >= 11 is 0. The van der Waals surface area contributed by atoms with Gasteiger partial charge in [0.05, 0.1) is 42.1 Å². The van der Waals surface area contributed by atoms with E-state index in [1.807, 2.05) is 31.2 Å². The molecule has 7 heteroatoms. The summed E-state index contributed by atoms with van der Waals surface area (Å²) in [5, 5.41) is 7.01. The SMILES string of the molecule is COc1ccc2cc(C(=O)N[C@@H]3CCC(=O)N[C@H]3[C@H]3CCCO3)c(C)nc2c1. The Balaban J connectivity index is 1.56. The molecule has 28 heavy (non-hydrogen) atoms. The summed E-state index contributed by atoms with van der Waals surface area (Å²) in [5.74, 6) is 0.573. The van der Waals surface area contributed by atoms with Crippen molar-refractivity contribution in [2.24, 2.45) is 0 Å². The average molecular weight is 383 g/mol. The number of nitrogens with zero attached hydrogens (tertiary/aromatic N) is 1. The predicted molar refractivity (Wildman–Crippen MR) is 104 cm³/mol. The number of ether oxygens (including phenoxy) is 2. The van der Waals surface area contributed by atoms with Gasteiger partial charge in [-0.25, -0.2) is 0 Å². The first-order valence-corrected chi connectivity index (χ1v) is 9.72. The summed E-state index contributed by atoms with van der Waals surface area (Å²) in [6.07, 6.45) is 2.85. The monoisotopic (exact) mass is 383 g/mol. The molecule has 2 saturated heterocycles. The molecule has 4 rings (SSSR count). The number of carbonyl (C=O) groups excluding carboxylic acids is 2. The van der Waals surface area contributed by atoms with Crippen molar-refractivity contribution >= 4 is 22.7 Å². The van der Waals surface area contributed by atoms with Gasteiger partial charge in [-0.15, -0.1) is 0 Å². The van der Waals surface area contributed by atoms with E-state index in [1.165, 1.54) is 0 Å². The smallest absolute Gasteiger partial charge is 0.253 e. The first kappa shape index (κ1) is 18.7. The van der Waals surface area contributed by atoms with Crippen LogP contribution in [0.5, 0.6) is 5.75 Å². The van der Waals surface area contributed by atoms with Gasteiger partial charge in [0.2, 0.25) is 5.91 Å². The lowest BCUT2D eigenvalue weighted by Crippen LogP contribution is -2.60. The number of piperidine rings is 1. The largest absolute Gasteiger partial charge is 0.497 e. The molecule has 1 aromatic carbocycles. The molecule has 0 saturated carbocycles. The van der Waals surface area contributed by atoms with E-state index < -0.39 is 0 Å². The fourth-order valence-electron chi connectivity index (χ4n) is 4.07.